The van der Waals surface area contributed by atoms with Crippen LogP contribution in [0.1, 0.15) is 58.3 Å². The summed E-state index contributed by atoms with van der Waals surface area (Å²) in [5, 5.41) is 69.9. The van der Waals surface area contributed by atoms with Crippen LogP contribution >= 0.6 is 0 Å². The van der Waals surface area contributed by atoms with Gasteiger partial charge in [-0.05, 0) is 6.42 Å². The summed E-state index contributed by atoms with van der Waals surface area (Å²) in [6, 6.07) is 0. The predicted octanol–water partition coefficient (Wildman–Crippen LogP) is -1.23. The molecule has 33 heavy (non-hydrogen) atoms. The molecule has 11 heteroatoms. The average molecular weight is 483 g/mol. The van der Waals surface area contributed by atoms with Gasteiger partial charge in [-0.25, -0.2) is 0 Å². The minimum absolute atomic E-state index is 0.319. The lowest BCUT2D eigenvalue weighted by Gasteiger charge is -2.45. The first-order valence-corrected chi connectivity index (χ1v) is 12.1. The van der Waals surface area contributed by atoms with E-state index >= 15 is 0 Å². The molecular weight excluding hydrogens is 440 g/mol. The second-order valence-electron chi connectivity index (χ2n) is 8.85. The molecule has 0 aliphatic carbocycles. The van der Waals surface area contributed by atoms with E-state index in [1.165, 1.54) is 32.1 Å². The van der Waals surface area contributed by atoms with Crippen molar-refractivity contribution in [2.75, 3.05) is 19.8 Å². The Morgan fingerprint density at radius 1 is 0.606 bits per heavy atom. The predicted molar refractivity (Wildman–Crippen MR) is 115 cm³/mol. The van der Waals surface area contributed by atoms with Crippen LogP contribution in [0.4, 0.5) is 0 Å². The molecule has 2 heterocycles. The lowest BCUT2D eigenvalue weighted by molar-refractivity contribution is -0.359. The second kappa shape index (κ2) is 14.8. The zero-order chi connectivity index (χ0) is 24.4. The van der Waals surface area contributed by atoms with Crippen molar-refractivity contribution in [2.45, 2.75) is 120 Å². The molecule has 0 amide bonds. The molecule has 0 bridgehead atoms. The minimum Gasteiger partial charge on any atom is -0.394 e. The molecule has 2 rings (SSSR count). The molecule has 0 saturated carbocycles. The van der Waals surface area contributed by atoms with Crippen LogP contribution in [0.2, 0.25) is 0 Å². The van der Waals surface area contributed by atoms with Crippen LogP contribution in [-0.4, -0.2) is 117 Å². The van der Waals surface area contributed by atoms with E-state index < -0.39 is 74.6 Å². The van der Waals surface area contributed by atoms with Crippen LogP contribution in [0.5, 0.6) is 0 Å². The van der Waals surface area contributed by atoms with Gasteiger partial charge in [0.1, 0.15) is 48.8 Å². The molecule has 11 nitrogen and oxygen atoms in total. The SMILES string of the molecule is CCCCCCCCCCOC1OC(CO)[C@@H](O[C@H]2OC(CO)[C@@H](O)[C@H](O)[C@@H]2O)[C@@H](O)[C@H]1O. The van der Waals surface area contributed by atoms with Crippen LogP contribution in [0.25, 0.3) is 0 Å². The summed E-state index contributed by atoms with van der Waals surface area (Å²) in [6.45, 7) is 1.28. The fourth-order valence-corrected chi connectivity index (χ4v) is 4.13. The van der Waals surface area contributed by atoms with Gasteiger partial charge < -0.3 is 54.7 Å². The van der Waals surface area contributed by atoms with Crippen molar-refractivity contribution in [3.63, 3.8) is 0 Å². The summed E-state index contributed by atoms with van der Waals surface area (Å²) in [7, 11) is 0. The Hall–Kier alpha value is -0.440. The molecule has 3 unspecified atom stereocenters. The summed E-state index contributed by atoms with van der Waals surface area (Å²) in [5.74, 6) is 0. The number of hydrogen-bond acceptors (Lipinski definition) is 11. The molecule has 2 aliphatic rings. The Kier molecular flexibility index (Phi) is 13.0. The molecule has 196 valence electrons. The van der Waals surface area contributed by atoms with Gasteiger partial charge in [-0.1, -0.05) is 51.9 Å². The van der Waals surface area contributed by atoms with Gasteiger partial charge in [0.2, 0.25) is 0 Å². The Morgan fingerprint density at radius 2 is 1.15 bits per heavy atom. The van der Waals surface area contributed by atoms with E-state index in [-0.39, 0.29) is 0 Å². The van der Waals surface area contributed by atoms with E-state index in [2.05, 4.69) is 6.92 Å². The highest BCUT2D eigenvalue weighted by molar-refractivity contribution is 4.94. The largest absolute Gasteiger partial charge is 0.394 e. The molecular formula is C22H42O11. The molecule has 2 aliphatic heterocycles. The van der Waals surface area contributed by atoms with Crippen molar-refractivity contribution in [3.05, 3.63) is 0 Å². The normalized spacial score (nSPS) is 39.6. The van der Waals surface area contributed by atoms with Gasteiger partial charge in [-0.3, -0.25) is 0 Å². The summed E-state index contributed by atoms with van der Waals surface area (Å²) in [6.07, 6.45) is -5.35. The third-order valence-electron chi connectivity index (χ3n) is 6.24. The Balaban J connectivity index is 1.82. The van der Waals surface area contributed by atoms with Gasteiger partial charge in [-0.15, -0.1) is 0 Å². The first-order chi connectivity index (χ1) is 15.8. The topological polar surface area (TPSA) is 179 Å². The highest BCUT2D eigenvalue weighted by Gasteiger charge is 2.50. The quantitative estimate of drug-likeness (QED) is 0.147. The van der Waals surface area contributed by atoms with Gasteiger partial charge in [-0.2, -0.15) is 0 Å². The van der Waals surface area contributed by atoms with Gasteiger partial charge in [0.05, 0.1) is 13.2 Å². The Morgan fingerprint density at radius 3 is 1.76 bits per heavy atom. The molecule has 0 aromatic carbocycles. The summed E-state index contributed by atoms with van der Waals surface area (Å²) < 4.78 is 22.0. The van der Waals surface area contributed by atoms with Crippen LogP contribution in [-0.2, 0) is 18.9 Å². The third-order valence-corrected chi connectivity index (χ3v) is 6.24. The van der Waals surface area contributed by atoms with E-state index in [1.54, 1.807) is 0 Å². The van der Waals surface area contributed by atoms with Crippen molar-refractivity contribution in [3.8, 4) is 0 Å². The first-order valence-electron chi connectivity index (χ1n) is 12.1. The minimum atomic E-state index is -1.69. The molecule has 7 N–H and O–H groups in total. The van der Waals surface area contributed by atoms with Gasteiger partial charge in [0.15, 0.2) is 12.6 Å². The maximum Gasteiger partial charge on any atom is 0.187 e. The zero-order valence-corrected chi connectivity index (χ0v) is 19.3. The Bertz CT molecular complexity index is 521. The number of hydrogen-bond donors (Lipinski definition) is 7. The smallest absolute Gasteiger partial charge is 0.187 e. The van der Waals surface area contributed by atoms with E-state index in [0.29, 0.717) is 6.61 Å². The third kappa shape index (κ3) is 8.04. The molecule has 0 spiro atoms. The van der Waals surface area contributed by atoms with Crippen molar-refractivity contribution in [2.24, 2.45) is 0 Å². The van der Waals surface area contributed by atoms with Gasteiger partial charge in [0.25, 0.3) is 0 Å². The van der Waals surface area contributed by atoms with Crippen LogP contribution < -0.4 is 0 Å². The fourth-order valence-electron chi connectivity index (χ4n) is 4.13. The summed E-state index contributed by atoms with van der Waals surface area (Å²) in [4.78, 5) is 0. The molecule has 0 aromatic rings. The Labute approximate surface area is 194 Å². The number of ether oxygens (including phenoxy) is 4. The lowest BCUT2D eigenvalue weighted by Crippen LogP contribution is -2.64. The molecule has 2 fully saturated rings. The second-order valence-corrected chi connectivity index (χ2v) is 8.85. The standard InChI is InChI=1S/C22H42O11/c1-2-3-4-5-6-7-8-9-10-30-21-19(29)17(27)20(14(12-24)32-21)33-22-18(28)16(26)15(25)13(11-23)31-22/h13-29H,2-12H2,1H3/t13?,14?,15-,16+,17+,18+,19-,20-,21?,22-/m1/s1. The van der Waals surface area contributed by atoms with Crippen LogP contribution in [0.15, 0.2) is 0 Å². The van der Waals surface area contributed by atoms with Crippen molar-refractivity contribution < 1.29 is 54.7 Å². The van der Waals surface area contributed by atoms with Gasteiger partial charge in [0, 0.05) is 6.61 Å². The number of aliphatic hydroxyl groups excluding tert-OH is 7. The fraction of sp³-hybridized carbons (Fsp3) is 1.00. The summed E-state index contributed by atoms with van der Waals surface area (Å²) in [5.41, 5.74) is 0. The van der Waals surface area contributed by atoms with Crippen molar-refractivity contribution >= 4 is 0 Å². The van der Waals surface area contributed by atoms with Crippen molar-refractivity contribution in [1.82, 2.24) is 0 Å². The van der Waals surface area contributed by atoms with Gasteiger partial charge >= 0.3 is 0 Å². The van der Waals surface area contributed by atoms with E-state index in [1.807, 2.05) is 0 Å². The molecule has 0 radical (unpaired) electrons. The first kappa shape index (κ1) is 28.8. The average Bonchev–Trinajstić information content (AvgIpc) is 2.82. The van der Waals surface area contributed by atoms with E-state index in [0.717, 1.165) is 19.3 Å². The van der Waals surface area contributed by atoms with Crippen LogP contribution in [0, 0.1) is 0 Å². The van der Waals surface area contributed by atoms with Crippen molar-refractivity contribution in [1.29, 1.82) is 0 Å². The zero-order valence-electron chi connectivity index (χ0n) is 19.3. The number of unbranched alkanes of at least 4 members (excludes halogenated alkanes) is 7. The van der Waals surface area contributed by atoms with E-state index in [4.69, 9.17) is 18.9 Å². The molecule has 0 aromatic heterocycles. The van der Waals surface area contributed by atoms with E-state index in [9.17, 15) is 35.7 Å². The highest BCUT2D eigenvalue weighted by Crippen LogP contribution is 2.29. The number of aliphatic hydroxyl groups is 7. The lowest BCUT2D eigenvalue weighted by atomic mass is 9.97. The van der Waals surface area contributed by atoms with Crippen LogP contribution in [0.3, 0.4) is 0 Å². The maximum absolute atomic E-state index is 10.6. The molecule has 10 atom stereocenters. The molecule has 2 saturated heterocycles. The summed E-state index contributed by atoms with van der Waals surface area (Å²) >= 11 is 0. The number of rotatable bonds is 14. The highest BCUT2D eigenvalue weighted by atomic mass is 16.7. The maximum atomic E-state index is 10.6. The monoisotopic (exact) mass is 482 g/mol.